The number of ether oxygens (including phenoxy) is 2. The molecular formula is C25H24BrClN2O6S. The molecule has 1 unspecified atom stereocenters. The van der Waals surface area contributed by atoms with Gasteiger partial charge in [-0.2, -0.15) is 4.72 Å². The third-order valence-corrected chi connectivity index (χ3v) is 7.11. The molecule has 2 N–H and O–H groups in total. The second kappa shape index (κ2) is 12.9. The smallest absolute Gasteiger partial charge is 0.310 e. The van der Waals surface area contributed by atoms with Gasteiger partial charge in [0.2, 0.25) is 15.9 Å². The average Bonchev–Trinajstić information content (AvgIpc) is 2.84. The molecule has 0 aliphatic heterocycles. The molecule has 190 valence electrons. The van der Waals surface area contributed by atoms with E-state index in [-0.39, 0.29) is 23.9 Å². The van der Waals surface area contributed by atoms with E-state index in [4.69, 9.17) is 21.1 Å². The van der Waals surface area contributed by atoms with Crippen molar-refractivity contribution in [3.05, 3.63) is 87.9 Å². The minimum absolute atomic E-state index is 0.00156. The highest BCUT2D eigenvalue weighted by Crippen LogP contribution is 2.18. The average molecular weight is 596 g/mol. The van der Waals surface area contributed by atoms with E-state index in [0.717, 1.165) is 0 Å². The van der Waals surface area contributed by atoms with Crippen LogP contribution in [0.15, 0.2) is 82.2 Å². The van der Waals surface area contributed by atoms with E-state index in [2.05, 4.69) is 26.0 Å². The number of amides is 1. The summed E-state index contributed by atoms with van der Waals surface area (Å²) in [5, 5.41) is 3.20. The van der Waals surface area contributed by atoms with Crippen molar-refractivity contribution in [3.8, 4) is 5.75 Å². The second-order valence-electron chi connectivity index (χ2n) is 7.56. The molecular weight excluding hydrogens is 572 g/mol. The zero-order valence-electron chi connectivity index (χ0n) is 19.2. The van der Waals surface area contributed by atoms with E-state index in [1.165, 1.54) is 12.1 Å². The van der Waals surface area contributed by atoms with Gasteiger partial charge in [0.05, 0.1) is 17.9 Å². The number of benzene rings is 3. The first-order chi connectivity index (χ1) is 17.2. The van der Waals surface area contributed by atoms with Crippen LogP contribution in [0.1, 0.15) is 12.5 Å². The van der Waals surface area contributed by atoms with Gasteiger partial charge in [-0.05, 0) is 73.2 Å². The monoisotopic (exact) mass is 594 g/mol. The van der Waals surface area contributed by atoms with Crippen LogP contribution in [0.2, 0.25) is 5.02 Å². The molecule has 0 spiro atoms. The van der Waals surface area contributed by atoms with Gasteiger partial charge < -0.3 is 14.8 Å². The Labute approximate surface area is 223 Å². The largest absolute Gasteiger partial charge is 0.491 e. The van der Waals surface area contributed by atoms with Crippen LogP contribution in [0.3, 0.4) is 0 Å². The van der Waals surface area contributed by atoms with Crippen molar-refractivity contribution in [1.29, 1.82) is 0 Å². The summed E-state index contributed by atoms with van der Waals surface area (Å²) in [5.41, 5.74) is 1.14. The van der Waals surface area contributed by atoms with Gasteiger partial charge in [-0.1, -0.05) is 39.7 Å². The Balaban J connectivity index is 1.74. The molecule has 0 fully saturated rings. The van der Waals surface area contributed by atoms with E-state index >= 15 is 0 Å². The zero-order valence-corrected chi connectivity index (χ0v) is 22.4. The lowest BCUT2D eigenvalue weighted by molar-refractivity contribution is -0.142. The molecule has 1 atom stereocenters. The molecule has 3 rings (SSSR count). The van der Waals surface area contributed by atoms with Crippen LogP contribution in [0.4, 0.5) is 5.69 Å². The molecule has 0 radical (unpaired) electrons. The van der Waals surface area contributed by atoms with Gasteiger partial charge in [-0.15, -0.1) is 0 Å². The Kier molecular flexibility index (Phi) is 9.89. The third-order valence-electron chi connectivity index (χ3n) is 4.84. The number of carbonyl (C=O) groups is 2. The maximum atomic E-state index is 13.1. The molecule has 0 bridgehead atoms. The van der Waals surface area contributed by atoms with Gasteiger partial charge in [-0.3, -0.25) is 9.59 Å². The predicted molar refractivity (Wildman–Crippen MR) is 141 cm³/mol. The molecule has 0 aliphatic carbocycles. The highest BCUT2D eigenvalue weighted by molar-refractivity contribution is 9.10. The number of nitrogens with one attached hydrogen (secondary N) is 2. The highest BCUT2D eigenvalue weighted by Gasteiger charge is 2.27. The standard InChI is InChI=1S/C25H24BrClN2O6S/c1-2-34-24(30)15-17-3-9-20(10-4-17)28-25(31)23(16-35-21-11-7-19(27)8-12-21)29-36(32,33)22-13-5-18(26)6-14-22/h3-14,23,29H,2,15-16H2,1H3,(H,28,31). The van der Waals surface area contributed by atoms with E-state index in [0.29, 0.717) is 33.1 Å². The number of esters is 1. The first-order valence-electron chi connectivity index (χ1n) is 10.9. The molecule has 11 heteroatoms. The summed E-state index contributed by atoms with van der Waals surface area (Å²) in [6.07, 6.45) is 0.104. The normalized spacial score (nSPS) is 12.0. The Morgan fingerprint density at radius 2 is 1.61 bits per heavy atom. The molecule has 3 aromatic carbocycles. The lowest BCUT2D eigenvalue weighted by atomic mass is 10.1. The number of sulfonamides is 1. The minimum atomic E-state index is -4.03. The Hall–Kier alpha value is -2.92. The van der Waals surface area contributed by atoms with Crippen LogP contribution < -0.4 is 14.8 Å². The maximum absolute atomic E-state index is 13.1. The van der Waals surface area contributed by atoms with Crippen LogP contribution in [-0.2, 0) is 30.8 Å². The van der Waals surface area contributed by atoms with Gasteiger partial charge in [0.15, 0.2) is 0 Å². The van der Waals surface area contributed by atoms with Crippen molar-refractivity contribution in [2.24, 2.45) is 0 Å². The van der Waals surface area contributed by atoms with Crippen molar-refractivity contribution >= 4 is 55.1 Å². The van der Waals surface area contributed by atoms with E-state index < -0.39 is 22.0 Å². The van der Waals surface area contributed by atoms with Crippen LogP contribution in [-0.4, -0.2) is 39.5 Å². The topological polar surface area (TPSA) is 111 Å². The summed E-state index contributed by atoms with van der Waals surface area (Å²) in [6, 6.07) is 17.8. The van der Waals surface area contributed by atoms with Crippen molar-refractivity contribution < 1.29 is 27.5 Å². The summed E-state index contributed by atoms with van der Waals surface area (Å²) in [5.74, 6) is -0.554. The fourth-order valence-corrected chi connectivity index (χ4v) is 4.63. The fourth-order valence-electron chi connectivity index (χ4n) is 3.06. The first-order valence-corrected chi connectivity index (χ1v) is 13.5. The highest BCUT2D eigenvalue weighted by atomic mass is 79.9. The molecule has 8 nitrogen and oxygen atoms in total. The molecule has 0 aromatic heterocycles. The van der Waals surface area contributed by atoms with Crippen molar-refractivity contribution in [2.45, 2.75) is 24.3 Å². The lowest BCUT2D eigenvalue weighted by Crippen LogP contribution is -2.47. The van der Waals surface area contributed by atoms with Gasteiger partial charge in [0.1, 0.15) is 18.4 Å². The summed E-state index contributed by atoms with van der Waals surface area (Å²) in [7, 11) is -4.03. The number of hydrogen-bond acceptors (Lipinski definition) is 6. The number of hydrogen-bond donors (Lipinski definition) is 2. The summed E-state index contributed by atoms with van der Waals surface area (Å²) >= 11 is 9.17. The maximum Gasteiger partial charge on any atom is 0.310 e. The lowest BCUT2D eigenvalue weighted by Gasteiger charge is -2.19. The molecule has 36 heavy (non-hydrogen) atoms. The molecule has 0 heterocycles. The Bertz CT molecular complexity index is 1280. The predicted octanol–water partition coefficient (Wildman–Crippen LogP) is 4.57. The van der Waals surface area contributed by atoms with Gasteiger partial charge in [-0.25, -0.2) is 8.42 Å². The fraction of sp³-hybridized carbons (Fsp3) is 0.200. The van der Waals surface area contributed by atoms with Gasteiger partial charge in [0.25, 0.3) is 0 Å². The van der Waals surface area contributed by atoms with E-state index in [1.54, 1.807) is 67.6 Å². The van der Waals surface area contributed by atoms with Crippen molar-refractivity contribution in [1.82, 2.24) is 4.72 Å². The van der Waals surface area contributed by atoms with Gasteiger partial charge >= 0.3 is 5.97 Å². The number of halogens is 2. The molecule has 0 saturated heterocycles. The third kappa shape index (κ3) is 8.34. The molecule has 0 saturated carbocycles. The minimum Gasteiger partial charge on any atom is -0.491 e. The van der Waals surface area contributed by atoms with Crippen molar-refractivity contribution in [2.75, 3.05) is 18.5 Å². The van der Waals surface area contributed by atoms with Crippen LogP contribution in [0.25, 0.3) is 0 Å². The van der Waals surface area contributed by atoms with Gasteiger partial charge in [0, 0.05) is 15.2 Å². The summed E-state index contributed by atoms with van der Waals surface area (Å²) in [6.45, 7) is 1.75. The number of carbonyl (C=O) groups excluding carboxylic acids is 2. The van der Waals surface area contributed by atoms with E-state index in [9.17, 15) is 18.0 Å². The molecule has 1 amide bonds. The molecule has 3 aromatic rings. The first kappa shape index (κ1) is 27.7. The second-order valence-corrected chi connectivity index (χ2v) is 10.6. The number of anilines is 1. The summed E-state index contributed by atoms with van der Waals surface area (Å²) < 4.78 is 39.6. The van der Waals surface area contributed by atoms with Crippen LogP contribution in [0, 0.1) is 0 Å². The Morgan fingerprint density at radius 1 is 0.972 bits per heavy atom. The van der Waals surface area contributed by atoms with Crippen LogP contribution >= 0.6 is 27.5 Å². The quantitative estimate of drug-likeness (QED) is 0.314. The van der Waals surface area contributed by atoms with Crippen molar-refractivity contribution in [3.63, 3.8) is 0 Å². The Morgan fingerprint density at radius 3 is 2.22 bits per heavy atom. The zero-order chi connectivity index (χ0) is 26.1. The van der Waals surface area contributed by atoms with Crippen LogP contribution in [0.5, 0.6) is 5.75 Å². The molecule has 0 aliphatic rings. The SMILES string of the molecule is CCOC(=O)Cc1ccc(NC(=O)C(COc2ccc(Cl)cc2)NS(=O)(=O)c2ccc(Br)cc2)cc1. The summed E-state index contributed by atoms with van der Waals surface area (Å²) in [4.78, 5) is 24.7. The number of rotatable bonds is 11. The van der Waals surface area contributed by atoms with E-state index in [1.807, 2.05) is 0 Å².